The molecule has 166 valence electrons. The fourth-order valence-electron chi connectivity index (χ4n) is 3.63. The molecule has 2 heterocycles. The molecule has 0 aliphatic heterocycles. The number of carbonyl (C=O) groups excluding carboxylic acids is 1. The molecule has 7 nitrogen and oxygen atoms in total. The van der Waals surface area contributed by atoms with Crippen molar-refractivity contribution in [1.82, 2.24) is 20.1 Å². The van der Waals surface area contributed by atoms with E-state index in [0.717, 1.165) is 28.0 Å². The zero-order valence-corrected chi connectivity index (χ0v) is 19.4. The van der Waals surface area contributed by atoms with Crippen LogP contribution in [0, 0.1) is 6.92 Å². The van der Waals surface area contributed by atoms with E-state index in [9.17, 15) is 4.79 Å². The van der Waals surface area contributed by atoms with Crippen LogP contribution in [0.25, 0.3) is 11.0 Å². The Morgan fingerprint density at radius 1 is 1.10 bits per heavy atom. The number of aryl methyl sites for hydroxylation is 2. The van der Waals surface area contributed by atoms with Crippen molar-refractivity contribution in [3.8, 4) is 11.5 Å². The molecule has 1 amide bonds. The van der Waals surface area contributed by atoms with E-state index in [1.807, 2.05) is 59.0 Å². The molecule has 3 aromatic rings. The summed E-state index contributed by atoms with van der Waals surface area (Å²) in [4.78, 5) is 18.1. The number of benzene rings is 1. The van der Waals surface area contributed by atoms with E-state index in [4.69, 9.17) is 14.5 Å². The number of hydrogen-bond donors (Lipinski definition) is 1. The number of hydrogen-bond acceptors (Lipinski definition) is 5. The Hall–Kier alpha value is -3.09. The molecule has 0 saturated heterocycles. The maximum atomic E-state index is 13.3. The lowest BCUT2D eigenvalue weighted by Gasteiger charge is -2.18. The predicted molar refractivity (Wildman–Crippen MR) is 122 cm³/mol. The van der Waals surface area contributed by atoms with Gasteiger partial charge in [0.05, 0.1) is 35.9 Å². The summed E-state index contributed by atoms with van der Waals surface area (Å²) in [5.74, 6) is 1.43. The zero-order chi connectivity index (χ0) is 22.7. The maximum absolute atomic E-state index is 13.3. The largest absolute Gasteiger partial charge is 0.490 e. The topological polar surface area (TPSA) is 78.3 Å². The summed E-state index contributed by atoms with van der Waals surface area (Å²) in [5, 5.41) is 8.39. The van der Waals surface area contributed by atoms with Crippen LogP contribution in [0.2, 0.25) is 0 Å². The number of aromatic nitrogens is 3. The summed E-state index contributed by atoms with van der Waals surface area (Å²) in [5.41, 5.74) is 3.92. The minimum Gasteiger partial charge on any atom is -0.490 e. The molecule has 0 fully saturated rings. The number of fused-ring (bicyclic) bond motifs is 1. The van der Waals surface area contributed by atoms with Crippen LogP contribution in [-0.4, -0.2) is 33.9 Å². The van der Waals surface area contributed by atoms with Crippen molar-refractivity contribution in [1.29, 1.82) is 0 Å². The molecule has 1 aromatic carbocycles. The first-order valence-electron chi connectivity index (χ1n) is 10.8. The fourth-order valence-corrected chi connectivity index (χ4v) is 3.63. The van der Waals surface area contributed by atoms with Gasteiger partial charge in [-0.05, 0) is 57.4 Å². The Balaban J connectivity index is 1.94. The average Bonchev–Trinajstić information content (AvgIpc) is 3.02. The summed E-state index contributed by atoms with van der Waals surface area (Å²) in [6, 6.07) is 7.43. The molecule has 0 spiro atoms. The predicted octanol–water partition coefficient (Wildman–Crippen LogP) is 4.69. The second-order valence-corrected chi connectivity index (χ2v) is 7.92. The van der Waals surface area contributed by atoms with Gasteiger partial charge in [0.2, 0.25) is 0 Å². The van der Waals surface area contributed by atoms with Gasteiger partial charge in [-0.1, -0.05) is 19.9 Å². The van der Waals surface area contributed by atoms with E-state index < -0.39 is 0 Å². The first kappa shape index (κ1) is 22.6. The molecule has 1 N–H and O–H groups in total. The van der Waals surface area contributed by atoms with Gasteiger partial charge in [-0.3, -0.25) is 9.48 Å². The van der Waals surface area contributed by atoms with Crippen LogP contribution in [-0.2, 0) is 7.05 Å². The molecular weight excluding hydrogens is 392 g/mol. The second-order valence-electron chi connectivity index (χ2n) is 7.92. The highest BCUT2D eigenvalue weighted by Gasteiger charge is 2.21. The Bertz CT molecular complexity index is 1090. The Labute approximate surface area is 183 Å². The second kappa shape index (κ2) is 9.37. The van der Waals surface area contributed by atoms with Gasteiger partial charge in [-0.25, -0.2) is 4.98 Å². The van der Waals surface area contributed by atoms with Crippen LogP contribution in [0.4, 0.5) is 0 Å². The minimum absolute atomic E-state index is 0.148. The molecule has 31 heavy (non-hydrogen) atoms. The summed E-state index contributed by atoms with van der Waals surface area (Å²) in [7, 11) is 1.85. The van der Waals surface area contributed by atoms with E-state index in [0.29, 0.717) is 30.3 Å². The number of nitrogens with zero attached hydrogens (tertiary/aromatic N) is 3. The van der Waals surface area contributed by atoms with Gasteiger partial charge in [0.1, 0.15) is 0 Å². The normalized spacial score (nSPS) is 12.3. The van der Waals surface area contributed by atoms with Gasteiger partial charge in [0, 0.05) is 12.7 Å². The molecule has 0 saturated carbocycles. The lowest BCUT2D eigenvalue weighted by Crippen LogP contribution is -2.27. The Kier molecular flexibility index (Phi) is 6.83. The SMILES string of the molecule is CCOc1ccc(C(C)NC(=O)c2cc(C(C)C)nc3c2c(C)nn3C)cc1OCC. The van der Waals surface area contributed by atoms with E-state index in [-0.39, 0.29) is 17.9 Å². The lowest BCUT2D eigenvalue weighted by atomic mass is 10.0. The molecular formula is C24H32N4O3. The van der Waals surface area contributed by atoms with Crippen LogP contribution in [0.3, 0.4) is 0 Å². The first-order valence-corrected chi connectivity index (χ1v) is 10.8. The molecule has 0 bridgehead atoms. The summed E-state index contributed by atoms with van der Waals surface area (Å²) < 4.78 is 13.1. The smallest absolute Gasteiger partial charge is 0.252 e. The van der Waals surface area contributed by atoms with E-state index >= 15 is 0 Å². The van der Waals surface area contributed by atoms with Crippen molar-refractivity contribution in [3.63, 3.8) is 0 Å². The highest BCUT2D eigenvalue weighted by atomic mass is 16.5. The monoisotopic (exact) mass is 424 g/mol. The Morgan fingerprint density at radius 2 is 1.77 bits per heavy atom. The summed E-state index contributed by atoms with van der Waals surface area (Å²) in [6.45, 7) is 13.0. The fraction of sp³-hybridized carbons (Fsp3) is 0.458. The van der Waals surface area contributed by atoms with Crippen LogP contribution in [0.5, 0.6) is 11.5 Å². The molecule has 1 atom stereocenters. The number of ether oxygens (including phenoxy) is 2. The number of pyridine rings is 1. The van der Waals surface area contributed by atoms with Crippen molar-refractivity contribution in [2.75, 3.05) is 13.2 Å². The van der Waals surface area contributed by atoms with Crippen LogP contribution in [0.1, 0.15) is 73.9 Å². The van der Waals surface area contributed by atoms with Crippen molar-refractivity contribution in [3.05, 3.63) is 46.8 Å². The number of rotatable bonds is 8. The van der Waals surface area contributed by atoms with E-state index in [1.54, 1.807) is 4.68 Å². The third kappa shape index (κ3) is 4.65. The number of amides is 1. The lowest BCUT2D eigenvalue weighted by molar-refractivity contribution is 0.0941. The van der Waals surface area contributed by atoms with Gasteiger partial charge in [-0.15, -0.1) is 0 Å². The number of carbonyl (C=O) groups is 1. The van der Waals surface area contributed by atoms with Crippen LogP contribution < -0.4 is 14.8 Å². The van der Waals surface area contributed by atoms with Gasteiger partial charge in [-0.2, -0.15) is 5.10 Å². The zero-order valence-electron chi connectivity index (χ0n) is 19.4. The van der Waals surface area contributed by atoms with Gasteiger partial charge < -0.3 is 14.8 Å². The molecule has 0 aliphatic carbocycles. The highest BCUT2D eigenvalue weighted by Crippen LogP contribution is 2.31. The molecule has 7 heteroatoms. The van der Waals surface area contributed by atoms with Crippen LogP contribution in [0.15, 0.2) is 24.3 Å². The van der Waals surface area contributed by atoms with Gasteiger partial charge in [0.15, 0.2) is 17.1 Å². The standard InChI is InChI=1S/C24H32N4O3/c1-8-30-20-11-10-17(12-21(20)31-9-2)15(5)25-24(29)18-13-19(14(3)4)26-23-22(18)16(6)27-28(23)7/h10-15H,8-9H2,1-7H3,(H,25,29). The molecule has 3 rings (SSSR count). The number of nitrogens with one attached hydrogen (secondary N) is 1. The summed E-state index contributed by atoms with van der Waals surface area (Å²) >= 11 is 0. The van der Waals surface area contributed by atoms with Crippen LogP contribution >= 0.6 is 0 Å². The quantitative estimate of drug-likeness (QED) is 0.568. The summed E-state index contributed by atoms with van der Waals surface area (Å²) in [6.07, 6.45) is 0. The van der Waals surface area contributed by atoms with Gasteiger partial charge >= 0.3 is 0 Å². The molecule has 2 aromatic heterocycles. The van der Waals surface area contributed by atoms with Crippen molar-refractivity contribution < 1.29 is 14.3 Å². The van der Waals surface area contributed by atoms with E-state index in [2.05, 4.69) is 24.3 Å². The Morgan fingerprint density at radius 3 is 2.42 bits per heavy atom. The van der Waals surface area contributed by atoms with Crippen molar-refractivity contribution in [2.45, 2.75) is 53.5 Å². The third-order valence-electron chi connectivity index (χ3n) is 5.24. The van der Waals surface area contributed by atoms with E-state index in [1.165, 1.54) is 0 Å². The third-order valence-corrected chi connectivity index (χ3v) is 5.24. The van der Waals surface area contributed by atoms with Crippen molar-refractivity contribution >= 4 is 16.9 Å². The van der Waals surface area contributed by atoms with Crippen molar-refractivity contribution in [2.24, 2.45) is 7.05 Å². The first-order chi connectivity index (χ1) is 14.8. The average molecular weight is 425 g/mol. The van der Waals surface area contributed by atoms with Gasteiger partial charge in [0.25, 0.3) is 5.91 Å². The molecule has 1 unspecified atom stereocenters. The molecule has 0 radical (unpaired) electrons. The molecule has 0 aliphatic rings. The minimum atomic E-state index is -0.218. The maximum Gasteiger partial charge on any atom is 0.252 e. The highest BCUT2D eigenvalue weighted by molar-refractivity contribution is 6.06.